The molecule has 0 fully saturated rings. The summed E-state index contributed by atoms with van der Waals surface area (Å²) in [5.41, 5.74) is 2.96. The minimum Gasteiger partial charge on any atom is -0.462 e. The van der Waals surface area contributed by atoms with E-state index in [0.717, 1.165) is 17.8 Å². The number of carbonyl (C=O) groups excluding carboxylic acids is 2. The lowest BCUT2D eigenvalue weighted by molar-refractivity contribution is 0.0500. The van der Waals surface area contributed by atoms with Crippen LogP contribution in [0.5, 0.6) is 0 Å². The quantitative estimate of drug-likeness (QED) is 0.506. The number of carbonyl (C=O) groups is 2. The molecule has 1 amide bonds. The molecule has 0 saturated heterocycles. The summed E-state index contributed by atoms with van der Waals surface area (Å²) in [5, 5.41) is 2.69. The lowest BCUT2D eigenvalue weighted by atomic mass is 10.2. The molecule has 0 spiro atoms. The number of amides is 1. The van der Waals surface area contributed by atoms with Gasteiger partial charge in [-0.15, -0.1) is 0 Å². The summed E-state index contributed by atoms with van der Waals surface area (Å²) in [5.74, 6) is -0.516. The molecule has 0 atom stereocenters. The Hall–Kier alpha value is -3.41. The molecule has 0 aliphatic carbocycles. The fraction of sp³-hybridized carbons (Fsp3) is 0.190. The zero-order valence-electron chi connectivity index (χ0n) is 15.0. The van der Waals surface area contributed by atoms with Crippen LogP contribution < -0.4 is 5.32 Å². The molecule has 0 bridgehead atoms. The van der Waals surface area contributed by atoms with E-state index in [1.165, 1.54) is 6.26 Å². The first kappa shape index (κ1) is 18.4. The molecule has 27 heavy (non-hydrogen) atoms. The number of furan rings is 1. The van der Waals surface area contributed by atoms with Crippen molar-refractivity contribution in [3.63, 3.8) is 0 Å². The van der Waals surface area contributed by atoms with Crippen LogP contribution in [-0.4, -0.2) is 23.5 Å². The second-order valence-electron chi connectivity index (χ2n) is 6.02. The molecule has 0 unspecified atom stereocenters. The number of aryl methyl sites for hydroxylation is 2. The van der Waals surface area contributed by atoms with Gasteiger partial charge in [0.25, 0.3) is 5.91 Å². The maximum Gasteiger partial charge on any atom is 0.338 e. The van der Waals surface area contributed by atoms with Crippen LogP contribution in [0.25, 0.3) is 0 Å². The summed E-state index contributed by atoms with van der Waals surface area (Å²) in [6, 6.07) is 15.6. The highest BCUT2D eigenvalue weighted by Gasteiger charge is 2.10. The molecule has 1 aromatic carbocycles. The number of hydrogen-bond donors (Lipinski definition) is 1. The molecular formula is C21H20N2O4. The highest BCUT2D eigenvalue weighted by molar-refractivity contribution is 6.02. The molecule has 0 saturated carbocycles. The number of rotatable bonds is 7. The molecule has 0 radical (unpaired) electrons. The van der Waals surface area contributed by atoms with Crippen molar-refractivity contribution in [3.8, 4) is 0 Å². The van der Waals surface area contributed by atoms with E-state index in [-0.39, 0.29) is 11.7 Å². The van der Waals surface area contributed by atoms with Crippen molar-refractivity contribution < 1.29 is 18.7 Å². The number of aromatic nitrogens is 1. The molecule has 0 aliphatic rings. The summed E-state index contributed by atoms with van der Waals surface area (Å²) in [7, 11) is 0. The van der Waals surface area contributed by atoms with E-state index >= 15 is 0 Å². The van der Waals surface area contributed by atoms with Crippen LogP contribution in [0.3, 0.4) is 0 Å². The van der Waals surface area contributed by atoms with Gasteiger partial charge in [-0.1, -0.05) is 6.07 Å². The van der Waals surface area contributed by atoms with Crippen molar-refractivity contribution >= 4 is 17.6 Å². The van der Waals surface area contributed by atoms with Crippen LogP contribution >= 0.6 is 0 Å². The Kier molecular flexibility index (Phi) is 5.99. The van der Waals surface area contributed by atoms with Gasteiger partial charge in [0.2, 0.25) is 0 Å². The van der Waals surface area contributed by atoms with Gasteiger partial charge >= 0.3 is 5.97 Å². The third kappa shape index (κ3) is 5.28. The average molecular weight is 364 g/mol. The van der Waals surface area contributed by atoms with Crippen molar-refractivity contribution in [2.45, 2.75) is 19.8 Å². The summed E-state index contributed by atoms with van der Waals surface area (Å²) >= 11 is 0. The van der Waals surface area contributed by atoms with E-state index in [9.17, 15) is 9.59 Å². The third-order valence-electron chi connectivity index (χ3n) is 3.88. The number of nitrogens with zero attached hydrogens (tertiary/aromatic N) is 1. The summed E-state index contributed by atoms with van der Waals surface area (Å²) in [6.07, 6.45) is 2.90. The summed E-state index contributed by atoms with van der Waals surface area (Å²) < 4.78 is 10.3. The average Bonchev–Trinajstić information content (AvgIpc) is 3.21. The van der Waals surface area contributed by atoms with Crippen LogP contribution in [0.15, 0.2) is 65.3 Å². The molecule has 2 aromatic heterocycles. The lowest BCUT2D eigenvalue weighted by Crippen LogP contribution is -2.11. The lowest BCUT2D eigenvalue weighted by Gasteiger charge is -2.07. The molecule has 1 N–H and O–H groups in total. The van der Waals surface area contributed by atoms with Gasteiger partial charge in [0.15, 0.2) is 5.76 Å². The maximum absolute atomic E-state index is 12.1. The van der Waals surface area contributed by atoms with Gasteiger partial charge in [0.05, 0.1) is 18.4 Å². The summed E-state index contributed by atoms with van der Waals surface area (Å²) in [4.78, 5) is 28.4. The molecular weight excluding hydrogens is 344 g/mol. The smallest absolute Gasteiger partial charge is 0.338 e. The minimum absolute atomic E-state index is 0.224. The molecule has 3 aromatic rings. The van der Waals surface area contributed by atoms with Gasteiger partial charge in [0.1, 0.15) is 0 Å². The van der Waals surface area contributed by atoms with Gasteiger partial charge in [-0.3, -0.25) is 9.78 Å². The molecule has 138 valence electrons. The molecule has 3 rings (SSSR count). The van der Waals surface area contributed by atoms with Crippen molar-refractivity contribution in [2.24, 2.45) is 0 Å². The topological polar surface area (TPSA) is 81.4 Å². The van der Waals surface area contributed by atoms with Crippen LogP contribution in [0.4, 0.5) is 5.69 Å². The van der Waals surface area contributed by atoms with Crippen LogP contribution in [0.2, 0.25) is 0 Å². The van der Waals surface area contributed by atoms with Crippen LogP contribution in [0, 0.1) is 6.92 Å². The third-order valence-corrected chi connectivity index (χ3v) is 3.88. The standard InChI is InChI=1S/C21H20N2O4/c1-15-5-2-6-17(22-15)7-3-14-27-21(25)16-9-11-18(12-10-16)23-20(24)19-8-4-13-26-19/h2,4-6,8-13H,3,7,14H2,1H3,(H,23,24). The number of esters is 1. The van der Waals surface area contributed by atoms with Crippen molar-refractivity contribution in [1.29, 1.82) is 0 Å². The van der Waals surface area contributed by atoms with Gasteiger partial charge in [-0.05, 0) is 68.3 Å². The largest absolute Gasteiger partial charge is 0.462 e. The number of pyridine rings is 1. The maximum atomic E-state index is 12.1. The predicted molar refractivity (Wildman–Crippen MR) is 101 cm³/mol. The van der Waals surface area contributed by atoms with Crippen LogP contribution in [-0.2, 0) is 11.2 Å². The number of nitrogens with one attached hydrogen (secondary N) is 1. The van der Waals surface area contributed by atoms with E-state index < -0.39 is 5.97 Å². The predicted octanol–water partition coefficient (Wildman–Crippen LogP) is 4.02. The Morgan fingerprint density at radius 1 is 1.07 bits per heavy atom. The Morgan fingerprint density at radius 2 is 1.89 bits per heavy atom. The first-order valence-electron chi connectivity index (χ1n) is 8.66. The minimum atomic E-state index is -0.392. The van der Waals surface area contributed by atoms with Crippen molar-refractivity contribution in [3.05, 3.63) is 83.6 Å². The first-order valence-corrected chi connectivity index (χ1v) is 8.66. The van der Waals surface area contributed by atoms with E-state index in [4.69, 9.17) is 9.15 Å². The number of hydrogen-bond acceptors (Lipinski definition) is 5. The normalized spacial score (nSPS) is 10.4. The number of anilines is 1. The van der Waals surface area contributed by atoms with E-state index in [2.05, 4.69) is 10.3 Å². The zero-order valence-corrected chi connectivity index (χ0v) is 15.0. The second kappa shape index (κ2) is 8.80. The number of ether oxygens (including phenoxy) is 1. The highest BCUT2D eigenvalue weighted by atomic mass is 16.5. The van der Waals surface area contributed by atoms with E-state index in [1.807, 2.05) is 25.1 Å². The van der Waals surface area contributed by atoms with E-state index in [1.54, 1.807) is 36.4 Å². The fourth-order valence-corrected chi connectivity index (χ4v) is 2.53. The monoisotopic (exact) mass is 364 g/mol. The number of benzene rings is 1. The van der Waals surface area contributed by atoms with Crippen LogP contribution in [0.1, 0.15) is 38.7 Å². The highest BCUT2D eigenvalue weighted by Crippen LogP contribution is 2.13. The SMILES string of the molecule is Cc1cccc(CCCOC(=O)c2ccc(NC(=O)c3ccco3)cc2)n1. The van der Waals surface area contributed by atoms with Crippen molar-refractivity contribution in [1.82, 2.24) is 4.98 Å². The van der Waals surface area contributed by atoms with Crippen molar-refractivity contribution in [2.75, 3.05) is 11.9 Å². The van der Waals surface area contributed by atoms with Gasteiger partial charge in [-0.25, -0.2) is 4.79 Å². The van der Waals surface area contributed by atoms with Gasteiger partial charge < -0.3 is 14.5 Å². The Bertz CT molecular complexity index is 902. The Labute approximate surface area is 157 Å². The molecule has 6 heteroatoms. The first-order chi connectivity index (χ1) is 13.1. The fourth-order valence-electron chi connectivity index (χ4n) is 2.53. The molecule has 0 aliphatic heterocycles. The molecule has 6 nitrogen and oxygen atoms in total. The summed E-state index contributed by atoms with van der Waals surface area (Å²) in [6.45, 7) is 2.27. The van der Waals surface area contributed by atoms with Gasteiger partial charge in [-0.2, -0.15) is 0 Å². The van der Waals surface area contributed by atoms with E-state index in [0.29, 0.717) is 24.3 Å². The Balaban J connectivity index is 1.45. The Morgan fingerprint density at radius 3 is 2.59 bits per heavy atom. The van der Waals surface area contributed by atoms with Gasteiger partial charge in [0, 0.05) is 17.1 Å². The zero-order chi connectivity index (χ0) is 19.1. The molecule has 2 heterocycles. The second-order valence-corrected chi connectivity index (χ2v) is 6.02.